The SMILES string of the molecule is c1ccc(-c2cccc3cccc(-c4c5cccc(-c6ccc7c(c6)c6ccccc6n7-c6ccccc6)c5cc5c(-c6ccc7c(c6)c6ccccc6n7-c6ccccc6)cccc45)c23)cc1.c1ccc(-c2cccc3cccc(-c4c5cccc(-c6cccc7c6c6ccccc6n7-c6ccccc6)c5cc5c(-c6cccc7c6c6ccccc6n7-c6ccccc6)cccc45)c23)cc1. The Labute approximate surface area is 785 Å². The van der Waals surface area contributed by atoms with E-state index in [2.05, 4.69) is 528 Å². The first kappa shape index (κ1) is 77.9. The van der Waals surface area contributed by atoms with E-state index in [1.807, 2.05) is 0 Å². The predicted molar refractivity (Wildman–Crippen MR) is 579 cm³/mol. The number of hydrogen-bond donors (Lipinski definition) is 0. The average Bonchev–Trinajstić information content (AvgIpc) is 1.08. The molecule has 0 bridgehead atoms. The van der Waals surface area contributed by atoms with Crippen molar-refractivity contribution in [2.24, 2.45) is 0 Å². The van der Waals surface area contributed by atoms with Crippen LogP contribution in [0.25, 0.3) is 264 Å². The molecule has 136 heavy (non-hydrogen) atoms. The number of aromatic nitrogens is 4. The third-order valence-electron chi connectivity index (χ3n) is 28.6. The van der Waals surface area contributed by atoms with Crippen molar-refractivity contribution in [2.45, 2.75) is 0 Å². The van der Waals surface area contributed by atoms with Crippen LogP contribution in [0.5, 0.6) is 0 Å². The van der Waals surface area contributed by atoms with Gasteiger partial charge in [0, 0.05) is 65.8 Å². The molecule has 0 atom stereocenters. The van der Waals surface area contributed by atoms with E-state index >= 15 is 0 Å². The summed E-state index contributed by atoms with van der Waals surface area (Å²) in [5, 5.41) is 24.7. The highest BCUT2D eigenvalue weighted by molar-refractivity contribution is 6.29. The summed E-state index contributed by atoms with van der Waals surface area (Å²) in [5.41, 5.74) is 33.7. The zero-order valence-electron chi connectivity index (χ0n) is 74.3. The highest BCUT2D eigenvalue weighted by Gasteiger charge is 2.27. The second-order valence-electron chi connectivity index (χ2n) is 35.9. The Morgan fingerprint density at radius 1 is 0.110 bits per heavy atom. The lowest BCUT2D eigenvalue weighted by molar-refractivity contribution is 1.18. The van der Waals surface area contributed by atoms with Crippen molar-refractivity contribution in [1.82, 2.24) is 18.3 Å². The van der Waals surface area contributed by atoms with Crippen LogP contribution < -0.4 is 0 Å². The van der Waals surface area contributed by atoms with Crippen LogP contribution in [0.4, 0.5) is 0 Å². The van der Waals surface area contributed by atoms with Crippen LogP contribution in [-0.4, -0.2) is 18.3 Å². The Morgan fingerprint density at radius 2 is 0.353 bits per heavy atom. The molecule has 0 saturated carbocycles. The Morgan fingerprint density at radius 3 is 0.713 bits per heavy atom. The normalized spacial score (nSPS) is 11.8. The molecule has 0 N–H and O–H groups in total. The van der Waals surface area contributed by atoms with Gasteiger partial charge in [-0.15, -0.1) is 0 Å². The van der Waals surface area contributed by atoms with Gasteiger partial charge in [-0.2, -0.15) is 0 Å². The topological polar surface area (TPSA) is 19.7 Å². The van der Waals surface area contributed by atoms with Gasteiger partial charge in [0.1, 0.15) is 0 Å². The molecule has 0 unspecified atom stereocenters. The minimum absolute atomic E-state index is 1.15. The van der Waals surface area contributed by atoms with Crippen LogP contribution in [0.3, 0.4) is 0 Å². The number of fused-ring (bicyclic) bond motifs is 18. The minimum Gasteiger partial charge on any atom is -0.309 e. The Balaban J connectivity index is 0.000000138. The second kappa shape index (κ2) is 32.0. The molecule has 0 saturated heterocycles. The molecule has 28 rings (SSSR count). The molecule has 0 aliphatic carbocycles. The molecular formula is C132H84N4. The van der Waals surface area contributed by atoms with Gasteiger partial charge in [-0.3, -0.25) is 0 Å². The molecule has 24 aromatic carbocycles. The lowest BCUT2D eigenvalue weighted by Gasteiger charge is -2.20. The standard InChI is InChI=1S/2C66H42N2/c1-4-20-43(21-5-1)47-30-14-22-44-23-15-37-56(63(44)47)64-52-33-16-31-48(50-35-18-40-61-65(50)54-28-10-12-38-59(54)67(61)45-24-6-2-7-25-45)57(52)42-58-49(32-17-34-53(58)64)51-36-19-41-62-66(51)55-29-11-13-39-60(55)68(62)46-26-8-3-9-27-46;1-4-18-43(19-5-1)51-30-14-20-44-21-15-33-56(65(44)51)66-54-31-16-28-49(45-36-38-63-59(40-45)52-26-10-12-34-61(52)67(63)47-22-6-2-7-23-47)57(54)42-58-50(29-17-32-55(58)66)46-37-39-64-60(41-46)53-27-11-13-35-62(53)68(64)48-24-8-3-9-25-48/h2*1-42H. The number of benzene rings is 24. The Kier molecular flexibility index (Phi) is 18.3. The van der Waals surface area contributed by atoms with Crippen LogP contribution in [0, 0.1) is 0 Å². The smallest absolute Gasteiger partial charge is 0.0547 e. The van der Waals surface area contributed by atoms with Gasteiger partial charge in [-0.05, 0) is 275 Å². The zero-order chi connectivity index (χ0) is 89.4. The van der Waals surface area contributed by atoms with Gasteiger partial charge in [-0.25, -0.2) is 0 Å². The maximum Gasteiger partial charge on any atom is 0.0547 e. The molecule has 0 spiro atoms. The van der Waals surface area contributed by atoms with Crippen molar-refractivity contribution < 1.29 is 0 Å². The summed E-state index contributed by atoms with van der Waals surface area (Å²) < 4.78 is 9.64. The number of nitrogens with zero attached hydrogens (tertiary/aromatic N) is 4. The van der Waals surface area contributed by atoms with Gasteiger partial charge in [0.05, 0.1) is 44.1 Å². The second-order valence-corrected chi connectivity index (χ2v) is 35.9. The van der Waals surface area contributed by atoms with E-state index in [0.717, 1.165) is 22.7 Å². The summed E-state index contributed by atoms with van der Waals surface area (Å²) in [7, 11) is 0. The molecule has 4 heterocycles. The van der Waals surface area contributed by atoms with Crippen LogP contribution in [0.15, 0.2) is 510 Å². The van der Waals surface area contributed by atoms with Crippen LogP contribution in [0.2, 0.25) is 0 Å². The Hall–Kier alpha value is -18.0. The first-order chi connectivity index (χ1) is 67.6. The molecule has 4 heteroatoms. The maximum absolute atomic E-state index is 2.51. The quantitative estimate of drug-likeness (QED) is 0.109. The molecule has 0 aliphatic rings. The van der Waals surface area contributed by atoms with Crippen LogP contribution in [0.1, 0.15) is 0 Å². The fourth-order valence-electron chi connectivity index (χ4n) is 22.9. The molecule has 4 nitrogen and oxygen atoms in total. The summed E-state index contributed by atoms with van der Waals surface area (Å²) in [6.45, 7) is 0. The summed E-state index contributed by atoms with van der Waals surface area (Å²) in [5.74, 6) is 0. The van der Waals surface area contributed by atoms with E-state index in [4.69, 9.17) is 0 Å². The van der Waals surface area contributed by atoms with Crippen LogP contribution in [-0.2, 0) is 0 Å². The van der Waals surface area contributed by atoms with Crippen molar-refractivity contribution in [2.75, 3.05) is 0 Å². The molecular weight excluding hydrogens is 1640 g/mol. The maximum atomic E-state index is 2.51. The molecule has 4 aromatic heterocycles. The Bertz CT molecular complexity index is 9260. The summed E-state index contributed by atoms with van der Waals surface area (Å²) in [6, 6.07) is 188. The summed E-state index contributed by atoms with van der Waals surface area (Å²) in [6.07, 6.45) is 0. The lowest BCUT2D eigenvalue weighted by atomic mass is 9.83. The van der Waals surface area contributed by atoms with Gasteiger partial charge < -0.3 is 18.3 Å². The molecule has 28 aromatic rings. The zero-order valence-corrected chi connectivity index (χ0v) is 74.3. The van der Waals surface area contributed by atoms with Gasteiger partial charge in [0.15, 0.2) is 0 Å². The number of hydrogen-bond acceptors (Lipinski definition) is 0. The van der Waals surface area contributed by atoms with E-state index in [0.29, 0.717) is 0 Å². The van der Waals surface area contributed by atoms with Crippen molar-refractivity contribution in [3.05, 3.63) is 510 Å². The largest absolute Gasteiger partial charge is 0.309 e. The first-order valence-electron chi connectivity index (χ1n) is 47.0. The minimum atomic E-state index is 1.15. The summed E-state index contributed by atoms with van der Waals surface area (Å²) in [4.78, 5) is 0. The third kappa shape index (κ3) is 12.4. The van der Waals surface area contributed by atoms with Crippen molar-refractivity contribution >= 4 is 152 Å². The van der Waals surface area contributed by atoms with E-state index in [1.54, 1.807) is 0 Å². The van der Waals surface area contributed by atoms with Crippen molar-refractivity contribution in [3.8, 4) is 112 Å². The fraction of sp³-hybridized carbons (Fsp3) is 0. The van der Waals surface area contributed by atoms with E-state index in [1.165, 1.54) is 241 Å². The monoisotopic (exact) mass is 1720 g/mol. The third-order valence-corrected chi connectivity index (χ3v) is 28.6. The van der Waals surface area contributed by atoms with Crippen LogP contribution >= 0.6 is 0 Å². The van der Waals surface area contributed by atoms with Gasteiger partial charge in [0.25, 0.3) is 0 Å². The van der Waals surface area contributed by atoms with E-state index < -0.39 is 0 Å². The highest BCUT2D eigenvalue weighted by Crippen LogP contribution is 2.53. The number of para-hydroxylation sites is 8. The van der Waals surface area contributed by atoms with E-state index in [-0.39, 0.29) is 0 Å². The molecule has 632 valence electrons. The van der Waals surface area contributed by atoms with Gasteiger partial charge in [0.2, 0.25) is 0 Å². The predicted octanol–water partition coefficient (Wildman–Crippen LogP) is 36.0. The van der Waals surface area contributed by atoms with E-state index in [9.17, 15) is 0 Å². The fourth-order valence-corrected chi connectivity index (χ4v) is 22.9. The highest BCUT2D eigenvalue weighted by atomic mass is 15.0. The lowest BCUT2D eigenvalue weighted by Crippen LogP contribution is -1.94. The number of rotatable bonds is 12. The molecule has 0 fully saturated rings. The molecule has 0 aliphatic heterocycles. The van der Waals surface area contributed by atoms with Gasteiger partial charge >= 0.3 is 0 Å². The molecule has 0 amide bonds. The van der Waals surface area contributed by atoms with Crippen molar-refractivity contribution in [3.63, 3.8) is 0 Å². The average molecular weight is 1730 g/mol. The first-order valence-corrected chi connectivity index (χ1v) is 47.0. The van der Waals surface area contributed by atoms with Crippen molar-refractivity contribution in [1.29, 1.82) is 0 Å². The van der Waals surface area contributed by atoms with Gasteiger partial charge in [-0.1, -0.05) is 388 Å². The molecule has 0 radical (unpaired) electrons. The summed E-state index contributed by atoms with van der Waals surface area (Å²) >= 11 is 0.